The van der Waals surface area contributed by atoms with Gasteiger partial charge in [-0.25, -0.2) is 9.37 Å². The van der Waals surface area contributed by atoms with Crippen LogP contribution in [0.4, 0.5) is 9.52 Å². The quantitative estimate of drug-likeness (QED) is 0.529. The van der Waals surface area contributed by atoms with Crippen molar-refractivity contribution in [1.29, 1.82) is 0 Å². The van der Waals surface area contributed by atoms with Crippen LogP contribution in [0.2, 0.25) is 0 Å². The monoisotopic (exact) mass is 369 g/mol. The Bertz CT molecular complexity index is 1020. The summed E-state index contributed by atoms with van der Waals surface area (Å²) in [4.78, 5) is 6.94. The summed E-state index contributed by atoms with van der Waals surface area (Å²) in [6, 6.07) is 14.5. The zero-order chi connectivity index (χ0) is 16.8. The maximum absolute atomic E-state index is 13.2. The predicted octanol–water partition coefficient (Wildman–Crippen LogP) is 4.22. The van der Waals surface area contributed by atoms with Gasteiger partial charge in [-0.2, -0.15) is 0 Å². The molecule has 0 unspecified atom stereocenters. The third-order valence-electron chi connectivity index (χ3n) is 4.03. The average molecular weight is 369 g/mol. The molecule has 2 aromatic heterocycles. The number of aromatic nitrogens is 4. The van der Waals surface area contributed by atoms with Crippen molar-refractivity contribution in [3.8, 4) is 11.4 Å². The first-order chi connectivity index (χ1) is 12.3. The molecule has 0 saturated heterocycles. The van der Waals surface area contributed by atoms with Gasteiger partial charge in [0.1, 0.15) is 12.5 Å². The second-order valence-electron chi connectivity index (χ2n) is 5.66. The van der Waals surface area contributed by atoms with E-state index in [0.29, 0.717) is 6.67 Å². The highest BCUT2D eigenvalue weighted by Crippen LogP contribution is 2.35. The summed E-state index contributed by atoms with van der Waals surface area (Å²) < 4.78 is 16.4. The number of thioether (sulfide) groups is 1. The van der Waals surface area contributed by atoms with Crippen LogP contribution in [0.1, 0.15) is 0 Å². The van der Waals surface area contributed by atoms with Crippen LogP contribution in [0.25, 0.3) is 21.6 Å². The fourth-order valence-corrected chi connectivity index (χ4v) is 4.71. The first-order valence-corrected chi connectivity index (χ1v) is 9.50. The van der Waals surface area contributed by atoms with Gasteiger partial charge in [-0.15, -0.1) is 10.2 Å². The van der Waals surface area contributed by atoms with Crippen molar-refractivity contribution in [2.45, 2.75) is 11.8 Å². The van der Waals surface area contributed by atoms with Gasteiger partial charge in [-0.1, -0.05) is 35.2 Å². The standard InChI is InChI=1S/C17H12FN5S2/c18-12-7-5-11(6-8-12)15-20-21-17-23(15)9-22(10-24-17)16-19-13-3-1-2-4-14(13)25-16/h1-8H,9-10H2. The molecule has 25 heavy (non-hydrogen) atoms. The normalized spacial score (nSPS) is 14.0. The van der Waals surface area contributed by atoms with Gasteiger partial charge in [0.15, 0.2) is 16.1 Å². The second kappa shape index (κ2) is 5.82. The number of fused-ring (bicyclic) bond motifs is 2. The first-order valence-electron chi connectivity index (χ1n) is 7.70. The Morgan fingerprint density at radius 2 is 1.84 bits per heavy atom. The number of nitrogens with zero attached hydrogens (tertiary/aromatic N) is 5. The van der Waals surface area contributed by atoms with Crippen LogP contribution in [0.3, 0.4) is 0 Å². The Labute approximate surface area is 151 Å². The minimum Gasteiger partial charge on any atom is -0.320 e. The molecule has 0 saturated carbocycles. The van der Waals surface area contributed by atoms with Crippen LogP contribution in [0.15, 0.2) is 53.7 Å². The summed E-state index contributed by atoms with van der Waals surface area (Å²) in [5, 5.41) is 10.4. The minimum atomic E-state index is -0.257. The summed E-state index contributed by atoms with van der Waals surface area (Å²) in [5.41, 5.74) is 1.87. The van der Waals surface area contributed by atoms with Crippen molar-refractivity contribution >= 4 is 38.4 Å². The predicted molar refractivity (Wildman–Crippen MR) is 98.2 cm³/mol. The smallest absolute Gasteiger partial charge is 0.194 e. The molecule has 0 aliphatic carbocycles. The highest BCUT2D eigenvalue weighted by Gasteiger charge is 2.24. The molecule has 5 rings (SSSR count). The van der Waals surface area contributed by atoms with E-state index in [1.807, 2.05) is 22.8 Å². The van der Waals surface area contributed by atoms with Gasteiger partial charge in [0.2, 0.25) is 0 Å². The first kappa shape index (κ1) is 14.9. The van der Waals surface area contributed by atoms with Crippen molar-refractivity contribution in [3.63, 3.8) is 0 Å². The van der Waals surface area contributed by atoms with Gasteiger partial charge >= 0.3 is 0 Å². The zero-order valence-corrected chi connectivity index (χ0v) is 14.6. The Balaban J connectivity index is 1.51. The van der Waals surface area contributed by atoms with E-state index < -0.39 is 0 Å². The minimum absolute atomic E-state index is 0.257. The molecule has 2 aromatic carbocycles. The van der Waals surface area contributed by atoms with E-state index in [1.54, 1.807) is 35.2 Å². The van der Waals surface area contributed by atoms with Crippen LogP contribution in [-0.2, 0) is 6.67 Å². The largest absolute Gasteiger partial charge is 0.320 e. The summed E-state index contributed by atoms with van der Waals surface area (Å²) in [6.45, 7) is 0.627. The van der Waals surface area contributed by atoms with Crippen molar-refractivity contribution in [1.82, 2.24) is 19.7 Å². The molecule has 0 radical (unpaired) electrons. The fourth-order valence-electron chi connectivity index (χ4n) is 2.79. The molecule has 0 spiro atoms. The van der Waals surface area contributed by atoms with Gasteiger partial charge in [-0.05, 0) is 36.4 Å². The molecule has 1 aliphatic rings. The molecule has 4 aromatic rings. The van der Waals surface area contributed by atoms with Crippen LogP contribution in [0.5, 0.6) is 0 Å². The van der Waals surface area contributed by atoms with E-state index in [2.05, 4.69) is 21.2 Å². The lowest BCUT2D eigenvalue weighted by molar-refractivity contribution is 0.607. The van der Waals surface area contributed by atoms with Crippen LogP contribution in [-0.4, -0.2) is 25.6 Å². The SMILES string of the molecule is Fc1ccc(-c2nnc3n2CN(c2nc4ccccc4s2)CS3)cc1. The van der Waals surface area contributed by atoms with Crippen molar-refractivity contribution in [3.05, 3.63) is 54.3 Å². The number of para-hydroxylation sites is 1. The Hall–Kier alpha value is -2.45. The Morgan fingerprint density at radius 3 is 2.68 bits per heavy atom. The number of halogens is 1. The van der Waals surface area contributed by atoms with Gasteiger partial charge < -0.3 is 4.90 Å². The van der Waals surface area contributed by atoms with Gasteiger partial charge in [-0.3, -0.25) is 4.57 Å². The highest BCUT2D eigenvalue weighted by molar-refractivity contribution is 7.99. The van der Waals surface area contributed by atoms with Crippen LogP contribution < -0.4 is 4.90 Å². The van der Waals surface area contributed by atoms with Gasteiger partial charge in [0.25, 0.3) is 0 Å². The molecule has 8 heteroatoms. The summed E-state index contributed by atoms with van der Waals surface area (Å²) >= 11 is 3.31. The molecule has 1 aliphatic heterocycles. The van der Waals surface area contributed by atoms with Gasteiger partial charge in [0, 0.05) is 5.56 Å². The molecule has 0 fully saturated rings. The highest BCUT2D eigenvalue weighted by atomic mass is 32.2. The van der Waals surface area contributed by atoms with Gasteiger partial charge in [0.05, 0.1) is 16.1 Å². The van der Waals surface area contributed by atoms with Crippen LogP contribution in [0, 0.1) is 5.82 Å². The number of hydrogen-bond donors (Lipinski definition) is 0. The van der Waals surface area contributed by atoms with Crippen molar-refractivity contribution in [2.24, 2.45) is 0 Å². The van der Waals surface area contributed by atoms with E-state index in [0.717, 1.165) is 33.1 Å². The lowest BCUT2D eigenvalue weighted by Crippen LogP contribution is -2.30. The Morgan fingerprint density at radius 1 is 1.00 bits per heavy atom. The molecule has 0 atom stereocenters. The zero-order valence-electron chi connectivity index (χ0n) is 13.0. The molecule has 3 heterocycles. The third-order valence-corrected chi connectivity index (χ3v) is 6.13. The van der Waals surface area contributed by atoms with E-state index in [9.17, 15) is 4.39 Å². The summed E-state index contributed by atoms with van der Waals surface area (Å²) in [7, 11) is 0. The topological polar surface area (TPSA) is 46.8 Å². The molecule has 0 N–H and O–H groups in total. The van der Waals surface area contributed by atoms with Crippen LogP contribution >= 0.6 is 23.1 Å². The van der Waals surface area contributed by atoms with E-state index in [4.69, 9.17) is 4.98 Å². The van der Waals surface area contributed by atoms with E-state index in [1.165, 1.54) is 16.8 Å². The number of benzene rings is 2. The van der Waals surface area contributed by atoms with E-state index in [-0.39, 0.29) is 5.82 Å². The average Bonchev–Trinajstić information content (AvgIpc) is 3.26. The summed E-state index contributed by atoms with van der Waals surface area (Å²) in [6.07, 6.45) is 0. The maximum atomic E-state index is 13.2. The molecule has 5 nitrogen and oxygen atoms in total. The maximum Gasteiger partial charge on any atom is 0.194 e. The number of anilines is 1. The third kappa shape index (κ3) is 2.58. The number of thiazole rings is 1. The molecule has 0 amide bonds. The molecular weight excluding hydrogens is 357 g/mol. The second-order valence-corrected chi connectivity index (χ2v) is 7.58. The molecular formula is C17H12FN5S2. The van der Waals surface area contributed by atoms with E-state index >= 15 is 0 Å². The van der Waals surface area contributed by atoms with Crippen molar-refractivity contribution in [2.75, 3.05) is 10.8 Å². The molecule has 124 valence electrons. The Kier molecular flexibility index (Phi) is 3.46. The summed E-state index contributed by atoms with van der Waals surface area (Å²) in [5.74, 6) is 1.27. The lowest BCUT2D eigenvalue weighted by Gasteiger charge is -2.27. The number of hydrogen-bond acceptors (Lipinski definition) is 6. The fraction of sp³-hybridized carbons (Fsp3) is 0.118. The van der Waals surface area contributed by atoms with Crippen molar-refractivity contribution < 1.29 is 4.39 Å². The molecule has 0 bridgehead atoms. The number of rotatable bonds is 2. The lowest BCUT2D eigenvalue weighted by atomic mass is 10.2.